The van der Waals surface area contributed by atoms with Gasteiger partial charge in [0.2, 0.25) is 0 Å². The minimum absolute atomic E-state index is 0.0657. The zero-order valence-electron chi connectivity index (χ0n) is 15.6. The lowest BCUT2D eigenvalue weighted by molar-refractivity contribution is 0.261. The number of nitrogens with one attached hydrogen (secondary N) is 1. The molecular weight excluding hydrogens is 371 g/mol. The fourth-order valence-corrected chi connectivity index (χ4v) is 3.80. The predicted octanol–water partition coefficient (Wildman–Crippen LogP) is 3.05. The van der Waals surface area contributed by atoms with Crippen LogP contribution >= 0.6 is 0 Å². The summed E-state index contributed by atoms with van der Waals surface area (Å²) in [6.07, 6.45) is 9.48. The topological polar surface area (TPSA) is 67.9 Å². The Hall–Kier alpha value is -2.06. The summed E-state index contributed by atoms with van der Waals surface area (Å²) in [4.78, 5) is 0. The third kappa shape index (κ3) is 5.46. The quantitative estimate of drug-likeness (QED) is 0.715. The second kappa shape index (κ2) is 8.31. The summed E-state index contributed by atoms with van der Waals surface area (Å²) in [5, 5.41) is 1.94. The molecule has 1 heterocycles. The van der Waals surface area contributed by atoms with E-state index in [1.807, 2.05) is 11.2 Å². The Kier molecular flexibility index (Phi) is 6.06. The Morgan fingerprint density at radius 1 is 1.30 bits per heavy atom. The molecule has 0 bridgehead atoms. The third-order valence-corrected chi connectivity index (χ3v) is 5.29. The van der Waals surface area contributed by atoms with Gasteiger partial charge in [-0.05, 0) is 48.6 Å². The molecule has 0 saturated heterocycles. The van der Waals surface area contributed by atoms with Crippen LogP contribution in [0.4, 0.5) is 4.39 Å². The van der Waals surface area contributed by atoms with E-state index in [4.69, 9.17) is 8.92 Å². The van der Waals surface area contributed by atoms with Gasteiger partial charge in [-0.15, -0.1) is 0 Å². The number of hydrogen-bond donors (Lipinski definition) is 1. The Balaban J connectivity index is 1.83. The van der Waals surface area contributed by atoms with Crippen molar-refractivity contribution in [2.45, 2.75) is 25.7 Å². The minimum atomic E-state index is -3.55. The van der Waals surface area contributed by atoms with E-state index in [9.17, 15) is 12.8 Å². The highest BCUT2D eigenvalue weighted by atomic mass is 32.2. The average Bonchev–Trinajstić information content (AvgIpc) is 3.12. The molecule has 3 rings (SSSR count). The summed E-state index contributed by atoms with van der Waals surface area (Å²) >= 11 is 0. The second-order valence-corrected chi connectivity index (χ2v) is 8.64. The van der Waals surface area contributed by atoms with Crippen LogP contribution in [0.3, 0.4) is 0 Å². The highest BCUT2D eigenvalue weighted by molar-refractivity contribution is 7.86. The molecule has 1 aliphatic carbocycles. The van der Waals surface area contributed by atoms with Gasteiger partial charge in [0.05, 0.1) is 25.7 Å². The fraction of sp³-hybridized carbons (Fsp3) is 0.474. The van der Waals surface area contributed by atoms with Gasteiger partial charge in [0.25, 0.3) is 10.1 Å². The van der Waals surface area contributed by atoms with Gasteiger partial charge in [-0.25, -0.2) is 4.39 Å². The van der Waals surface area contributed by atoms with Gasteiger partial charge in [0.15, 0.2) is 11.6 Å². The zero-order chi connectivity index (χ0) is 19.4. The summed E-state index contributed by atoms with van der Waals surface area (Å²) in [5.41, 5.74) is 5.32. The van der Waals surface area contributed by atoms with Gasteiger partial charge in [0, 0.05) is 18.3 Å². The van der Waals surface area contributed by atoms with E-state index in [0.29, 0.717) is 22.8 Å². The number of benzene rings is 1. The second-order valence-electron chi connectivity index (χ2n) is 6.99. The molecular formula is C19H25FN2O4S. The maximum Gasteiger partial charge on any atom is 0.264 e. The van der Waals surface area contributed by atoms with Gasteiger partial charge < -0.3 is 4.74 Å². The van der Waals surface area contributed by atoms with Crippen molar-refractivity contribution in [2.24, 2.45) is 5.92 Å². The molecule has 2 aliphatic rings. The molecule has 8 heteroatoms. The van der Waals surface area contributed by atoms with Crippen molar-refractivity contribution >= 4 is 15.8 Å². The van der Waals surface area contributed by atoms with Crippen molar-refractivity contribution in [3.8, 4) is 5.75 Å². The number of nitrogens with zero attached hydrogens (tertiary/aromatic N) is 1. The summed E-state index contributed by atoms with van der Waals surface area (Å²) in [5.74, 6) is 0.301. The van der Waals surface area contributed by atoms with Gasteiger partial charge in [-0.3, -0.25) is 14.6 Å². The van der Waals surface area contributed by atoms with Gasteiger partial charge >= 0.3 is 0 Å². The zero-order valence-corrected chi connectivity index (χ0v) is 16.4. The van der Waals surface area contributed by atoms with Crippen LogP contribution in [0.2, 0.25) is 0 Å². The van der Waals surface area contributed by atoms with Crippen molar-refractivity contribution < 1.29 is 21.7 Å². The molecule has 148 valence electrons. The van der Waals surface area contributed by atoms with Crippen molar-refractivity contribution in [3.05, 3.63) is 47.4 Å². The van der Waals surface area contributed by atoms with Crippen LogP contribution < -0.4 is 10.2 Å². The van der Waals surface area contributed by atoms with E-state index in [-0.39, 0.29) is 12.4 Å². The van der Waals surface area contributed by atoms with Crippen LogP contribution in [0.25, 0.3) is 5.70 Å². The van der Waals surface area contributed by atoms with E-state index < -0.39 is 15.9 Å². The highest BCUT2D eigenvalue weighted by Crippen LogP contribution is 2.28. The molecule has 6 nitrogen and oxygen atoms in total. The fourth-order valence-electron chi connectivity index (χ4n) is 3.45. The number of hydrogen-bond acceptors (Lipinski definition) is 6. The van der Waals surface area contributed by atoms with E-state index in [1.54, 1.807) is 18.2 Å². The molecule has 0 spiro atoms. The largest absolute Gasteiger partial charge is 0.494 e. The lowest BCUT2D eigenvalue weighted by Crippen LogP contribution is -2.38. The molecule has 1 fully saturated rings. The molecule has 1 aliphatic heterocycles. The lowest BCUT2D eigenvalue weighted by Gasteiger charge is -2.31. The molecule has 1 N–H and O–H groups in total. The number of ether oxygens (including phenoxy) is 1. The molecule has 0 radical (unpaired) electrons. The summed E-state index contributed by atoms with van der Waals surface area (Å²) in [6.45, 7) is 0.738. The Labute approximate surface area is 159 Å². The molecule has 0 unspecified atom stereocenters. The maximum atomic E-state index is 14.1. The molecule has 1 aromatic rings. The monoisotopic (exact) mass is 396 g/mol. The molecule has 0 aromatic heterocycles. The third-order valence-electron chi connectivity index (χ3n) is 4.75. The standard InChI is InChI=1S/C19H25FN2O4S/c1-25-19-8-7-16(10-17(19)20)18-9-15(13-26-27(2,23)24)12-22(21-18)11-14-5-3-4-6-14/h7-10,12,14,21H,3-6,11,13H2,1-2H3. The van der Waals surface area contributed by atoms with Crippen molar-refractivity contribution in [3.63, 3.8) is 0 Å². The van der Waals surface area contributed by atoms with Crippen LogP contribution in [-0.4, -0.2) is 39.9 Å². The normalized spacial score (nSPS) is 18.1. The summed E-state index contributed by atoms with van der Waals surface area (Å²) in [6, 6.07) is 4.72. The molecule has 0 atom stereocenters. The number of halogens is 1. The first-order valence-electron chi connectivity index (χ1n) is 8.98. The van der Waals surface area contributed by atoms with Crippen molar-refractivity contribution in [1.82, 2.24) is 10.4 Å². The van der Waals surface area contributed by atoms with E-state index in [1.165, 1.54) is 38.9 Å². The van der Waals surface area contributed by atoms with Crippen LogP contribution in [0.1, 0.15) is 31.2 Å². The van der Waals surface area contributed by atoms with Crippen LogP contribution in [0.5, 0.6) is 5.75 Å². The smallest absolute Gasteiger partial charge is 0.264 e. The van der Waals surface area contributed by atoms with Crippen molar-refractivity contribution in [1.29, 1.82) is 0 Å². The first kappa shape index (κ1) is 19.7. The number of hydrazine groups is 1. The Bertz CT molecular complexity index is 845. The molecule has 1 saturated carbocycles. The van der Waals surface area contributed by atoms with Gasteiger partial charge in [-0.2, -0.15) is 8.42 Å². The number of rotatable bonds is 7. The van der Waals surface area contributed by atoms with Crippen molar-refractivity contribution in [2.75, 3.05) is 26.5 Å². The summed E-state index contributed by atoms with van der Waals surface area (Å²) in [7, 11) is -2.13. The van der Waals surface area contributed by atoms with E-state index in [0.717, 1.165) is 12.8 Å². The lowest BCUT2D eigenvalue weighted by atomic mass is 10.1. The molecule has 1 aromatic carbocycles. The van der Waals surface area contributed by atoms with Gasteiger partial charge in [0.1, 0.15) is 0 Å². The Morgan fingerprint density at radius 3 is 2.67 bits per heavy atom. The molecule has 27 heavy (non-hydrogen) atoms. The summed E-state index contributed by atoms with van der Waals surface area (Å²) < 4.78 is 46.7. The van der Waals surface area contributed by atoms with E-state index >= 15 is 0 Å². The first-order chi connectivity index (χ1) is 12.8. The molecule has 0 amide bonds. The first-order valence-corrected chi connectivity index (χ1v) is 10.8. The van der Waals surface area contributed by atoms with Crippen LogP contribution in [-0.2, 0) is 14.3 Å². The maximum absolute atomic E-state index is 14.1. The van der Waals surface area contributed by atoms with E-state index in [2.05, 4.69) is 5.43 Å². The predicted molar refractivity (Wildman–Crippen MR) is 102 cm³/mol. The van der Waals surface area contributed by atoms with Crippen LogP contribution in [0.15, 0.2) is 36.0 Å². The minimum Gasteiger partial charge on any atom is -0.494 e. The van der Waals surface area contributed by atoms with Gasteiger partial charge in [-0.1, -0.05) is 12.8 Å². The highest BCUT2D eigenvalue weighted by Gasteiger charge is 2.21. The Morgan fingerprint density at radius 2 is 2.04 bits per heavy atom. The SMILES string of the molecule is COc1ccc(C2=CC(COS(C)(=O)=O)=CN(CC3CCCC3)N2)cc1F. The average molecular weight is 396 g/mol. The van der Waals surface area contributed by atoms with Crippen LogP contribution in [0, 0.1) is 11.7 Å². The number of methoxy groups -OCH3 is 1.